The Labute approximate surface area is 132 Å². The molecule has 0 spiro atoms. The first-order valence-electron chi connectivity index (χ1n) is 7.45. The van der Waals surface area contributed by atoms with Crippen molar-refractivity contribution in [1.29, 1.82) is 0 Å². The number of aromatic amines is 1. The topological polar surface area (TPSA) is 79.1 Å². The molecule has 0 aliphatic heterocycles. The molecule has 0 fully saturated rings. The minimum absolute atomic E-state index is 0.725. The lowest BCUT2D eigenvalue weighted by Gasteiger charge is -2.17. The first kappa shape index (κ1) is 13.9. The Morgan fingerprint density at radius 2 is 1.91 bits per heavy atom. The van der Waals surface area contributed by atoms with E-state index in [1.807, 2.05) is 28.7 Å². The molecule has 0 saturated heterocycles. The molecule has 0 radical (unpaired) electrons. The molecule has 0 aliphatic carbocycles. The van der Waals surface area contributed by atoms with Crippen molar-refractivity contribution in [3.05, 3.63) is 47.9 Å². The lowest BCUT2D eigenvalue weighted by atomic mass is 9.96. The molecule has 23 heavy (non-hydrogen) atoms. The molecule has 3 aromatic heterocycles. The minimum Gasteiger partial charge on any atom is -0.386 e. The SMILES string of the molecule is Cc1c(-c2ccc(C(C)(C)O)cc2)[nH]c2ncc3nncn3c12. The van der Waals surface area contributed by atoms with Gasteiger partial charge in [-0.15, -0.1) is 10.2 Å². The van der Waals surface area contributed by atoms with Gasteiger partial charge < -0.3 is 10.1 Å². The molecule has 0 aliphatic rings. The van der Waals surface area contributed by atoms with Gasteiger partial charge in [0.1, 0.15) is 6.33 Å². The molecule has 0 atom stereocenters. The zero-order valence-electron chi connectivity index (χ0n) is 13.2. The van der Waals surface area contributed by atoms with Crippen LogP contribution in [-0.2, 0) is 5.60 Å². The molecule has 0 bridgehead atoms. The highest BCUT2D eigenvalue weighted by molar-refractivity contribution is 5.86. The fourth-order valence-electron chi connectivity index (χ4n) is 2.92. The van der Waals surface area contributed by atoms with Gasteiger partial charge in [-0.05, 0) is 31.9 Å². The van der Waals surface area contributed by atoms with Crippen LogP contribution >= 0.6 is 0 Å². The predicted molar refractivity (Wildman–Crippen MR) is 88.1 cm³/mol. The van der Waals surface area contributed by atoms with Crippen LogP contribution in [0.2, 0.25) is 0 Å². The number of nitrogens with zero attached hydrogens (tertiary/aromatic N) is 4. The molecule has 6 heteroatoms. The third kappa shape index (κ3) is 2.10. The first-order valence-corrected chi connectivity index (χ1v) is 7.45. The molecule has 4 rings (SSSR count). The molecule has 3 heterocycles. The van der Waals surface area contributed by atoms with Gasteiger partial charge in [-0.3, -0.25) is 4.40 Å². The average Bonchev–Trinajstić information content (AvgIpc) is 3.10. The van der Waals surface area contributed by atoms with Crippen LogP contribution in [0.5, 0.6) is 0 Å². The van der Waals surface area contributed by atoms with E-state index in [1.54, 1.807) is 26.4 Å². The highest BCUT2D eigenvalue weighted by atomic mass is 16.3. The van der Waals surface area contributed by atoms with Crippen LogP contribution in [0, 0.1) is 6.92 Å². The zero-order chi connectivity index (χ0) is 16.2. The van der Waals surface area contributed by atoms with E-state index in [9.17, 15) is 5.11 Å². The number of aromatic nitrogens is 5. The summed E-state index contributed by atoms with van der Waals surface area (Å²) in [6.45, 7) is 5.62. The fourth-order valence-corrected chi connectivity index (χ4v) is 2.92. The molecule has 2 N–H and O–H groups in total. The summed E-state index contributed by atoms with van der Waals surface area (Å²) in [6.07, 6.45) is 3.40. The van der Waals surface area contributed by atoms with Gasteiger partial charge in [-0.1, -0.05) is 24.3 Å². The molecule has 4 aromatic rings. The van der Waals surface area contributed by atoms with E-state index >= 15 is 0 Å². The maximum absolute atomic E-state index is 10.1. The van der Waals surface area contributed by atoms with E-state index in [0.717, 1.165) is 39.2 Å². The number of rotatable bonds is 2. The second kappa shape index (κ2) is 4.63. The number of hydrogen-bond donors (Lipinski definition) is 2. The van der Waals surface area contributed by atoms with Crippen molar-refractivity contribution >= 4 is 16.8 Å². The first-order chi connectivity index (χ1) is 10.9. The van der Waals surface area contributed by atoms with Crippen molar-refractivity contribution < 1.29 is 5.11 Å². The number of benzene rings is 1. The summed E-state index contributed by atoms with van der Waals surface area (Å²) in [7, 11) is 0. The Morgan fingerprint density at radius 1 is 1.17 bits per heavy atom. The van der Waals surface area contributed by atoms with Crippen LogP contribution in [0.1, 0.15) is 25.0 Å². The Kier molecular flexibility index (Phi) is 2.80. The van der Waals surface area contributed by atoms with Crippen LogP contribution in [0.3, 0.4) is 0 Å². The lowest BCUT2D eigenvalue weighted by molar-refractivity contribution is 0.0786. The van der Waals surface area contributed by atoms with Gasteiger partial charge in [0, 0.05) is 5.56 Å². The van der Waals surface area contributed by atoms with Crippen molar-refractivity contribution in [1.82, 2.24) is 24.6 Å². The number of aryl methyl sites for hydroxylation is 1. The summed E-state index contributed by atoms with van der Waals surface area (Å²) >= 11 is 0. The maximum atomic E-state index is 10.1. The largest absolute Gasteiger partial charge is 0.386 e. The van der Waals surface area contributed by atoms with E-state index in [4.69, 9.17) is 0 Å². The van der Waals surface area contributed by atoms with Gasteiger partial charge in [0.25, 0.3) is 0 Å². The quantitative estimate of drug-likeness (QED) is 0.597. The van der Waals surface area contributed by atoms with E-state index < -0.39 is 5.60 Å². The molecule has 0 saturated carbocycles. The number of nitrogens with one attached hydrogen (secondary N) is 1. The van der Waals surface area contributed by atoms with Crippen LogP contribution in [-0.4, -0.2) is 29.7 Å². The summed E-state index contributed by atoms with van der Waals surface area (Å²) in [6, 6.07) is 7.91. The van der Waals surface area contributed by atoms with Gasteiger partial charge >= 0.3 is 0 Å². The second-order valence-electron chi connectivity index (χ2n) is 6.28. The van der Waals surface area contributed by atoms with Crippen molar-refractivity contribution in [3.63, 3.8) is 0 Å². The van der Waals surface area contributed by atoms with E-state index in [-0.39, 0.29) is 0 Å². The number of fused-ring (bicyclic) bond motifs is 3. The third-order valence-corrected chi connectivity index (χ3v) is 4.20. The number of aliphatic hydroxyl groups is 1. The maximum Gasteiger partial charge on any atom is 0.179 e. The number of H-pyrrole nitrogens is 1. The molecular formula is C17H17N5O. The molecular weight excluding hydrogens is 290 g/mol. The molecule has 0 amide bonds. The Balaban J connectivity index is 1.90. The summed E-state index contributed by atoms with van der Waals surface area (Å²) < 4.78 is 1.93. The summed E-state index contributed by atoms with van der Waals surface area (Å²) in [5.41, 5.74) is 5.70. The van der Waals surface area contributed by atoms with Gasteiger partial charge in [0.2, 0.25) is 0 Å². The van der Waals surface area contributed by atoms with Gasteiger partial charge in [0.15, 0.2) is 11.3 Å². The Morgan fingerprint density at radius 3 is 2.61 bits per heavy atom. The van der Waals surface area contributed by atoms with Crippen LogP contribution < -0.4 is 0 Å². The van der Waals surface area contributed by atoms with E-state index in [1.165, 1.54) is 0 Å². The number of hydrogen-bond acceptors (Lipinski definition) is 4. The van der Waals surface area contributed by atoms with Crippen molar-refractivity contribution in [3.8, 4) is 11.3 Å². The molecule has 1 aromatic carbocycles. The van der Waals surface area contributed by atoms with E-state index in [0.29, 0.717) is 0 Å². The molecule has 6 nitrogen and oxygen atoms in total. The van der Waals surface area contributed by atoms with Crippen molar-refractivity contribution in [2.45, 2.75) is 26.4 Å². The standard InChI is InChI=1S/C17H17N5O/c1-10-14(11-4-6-12(7-5-11)17(2,3)23)20-16-15(10)22-9-19-21-13(22)8-18-16/h4-9,20,23H,1-3H3. The van der Waals surface area contributed by atoms with Crippen molar-refractivity contribution in [2.24, 2.45) is 0 Å². The molecule has 0 unspecified atom stereocenters. The highest BCUT2D eigenvalue weighted by Gasteiger charge is 2.17. The van der Waals surface area contributed by atoms with Gasteiger partial charge in [-0.25, -0.2) is 4.98 Å². The Bertz CT molecular complexity index is 1010. The smallest absolute Gasteiger partial charge is 0.179 e. The normalized spacial score (nSPS) is 12.3. The van der Waals surface area contributed by atoms with Gasteiger partial charge in [0.05, 0.1) is 23.0 Å². The third-order valence-electron chi connectivity index (χ3n) is 4.20. The lowest BCUT2D eigenvalue weighted by Crippen LogP contribution is -2.14. The summed E-state index contributed by atoms with van der Waals surface area (Å²) in [5, 5.41) is 18.1. The Hall–Kier alpha value is -2.73. The van der Waals surface area contributed by atoms with Gasteiger partial charge in [-0.2, -0.15) is 0 Å². The van der Waals surface area contributed by atoms with Crippen LogP contribution in [0.4, 0.5) is 0 Å². The highest BCUT2D eigenvalue weighted by Crippen LogP contribution is 2.30. The van der Waals surface area contributed by atoms with Crippen molar-refractivity contribution in [2.75, 3.05) is 0 Å². The van der Waals surface area contributed by atoms with E-state index in [2.05, 4.69) is 27.1 Å². The average molecular weight is 307 g/mol. The summed E-state index contributed by atoms with van der Waals surface area (Å²) in [5.74, 6) is 0. The second-order valence-corrected chi connectivity index (χ2v) is 6.28. The summed E-state index contributed by atoms with van der Waals surface area (Å²) in [4.78, 5) is 7.80. The monoisotopic (exact) mass is 307 g/mol. The van der Waals surface area contributed by atoms with Crippen LogP contribution in [0.25, 0.3) is 28.1 Å². The minimum atomic E-state index is -0.843. The van der Waals surface area contributed by atoms with Crippen LogP contribution in [0.15, 0.2) is 36.8 Å². The predicted octanol–water partition coefficient (Wildman–Crippen LogP) is 2.81. The molecule has 116 valence electrons. The zero-order valence-corrected chi connectivity index (χ0v) is 13.2. The fraction of sp³-hybridized carbons (Fsp3) is 0.235.